The molecule has 0 fully saturated rings. The number of benzene rings is 3. The van der Waals surface area contributed by atoms with E-state index >= 15 is 0 Å². The molecule has 0 saturated carbocycles. The number of carbonyl (C=O) groups is 1. The zero-order chi connectivity index (χ0) is 23.6. The molecule has 2 N–H and O–H groups in total. The summed E-state index contributed by atoms with van der Waals surface area (Å²) in [7, 11) is 0. The van der Waals surface area contributed by atoms with Crippen LogP contribution in [-0.2, 0) is 19.4 Å². The van der Waals surface area contributed by atoms with Gasteiger partial charge in [0.2, 0.25) is 11.8 Å². The number of rotatable bonds is 11. The average Bonchev–Trinajstić information content (AvgIpc) is 2.88. The highest BCUT2D eigenvalue weighted by molar-refractivity contribution is 5.92. The van der Waals surface area contributed by atoms with E-state index in [2.05, 4.69) is 82.7 Å². The third kappa shape index (κ3) is 7.02. The normalized spacial score (nSPS) is 10.9. The van der Waals surface area contributed by atoms with Gasteiger partial charge in [0.25, 0.3) is 0 Å². The van der Waals surface area contributed by atoms with E-state index in [9.17, 15) is 4.79 Å². The zero-order valence-electron chi connectivity index (χ0n) is 19.1. The molecule has 1 heterocycles. The second kappa shape index (κ2) is 11.8. The first-order valence-electron chi connectivity index (χ1n) is 11.5. The van der Waals surface area contributed by atoms with E-state index in [1.165, 1.54) is 22.9 Å². The molecule has 0 atom stereocenters. The van der Waals surface area contributed by atoms with Gasteiger partial charge in [-0.1, -0.05) is 72.8 Å². The lowest BCUT2D eigenvalue weighted by atomic mass is 10.1. The van der Waals surface area contributed by atoms with Crippen molar-refractivity contribution in [3.8, 4) is 11.6 Å². The molecule has 0 aliphatic rings. The Labute approximate surface area is 200 Å². The van der Waals surface area contributed by atoms with Crippen LogP contribution in [0, 0.1) is 0 Å². The summed E-state index contributed by atoms with van der Waals surface area (Å²) in [6, 6.07) is 32.6. The van der Waals surface area contributed by atoms with Gasteiger partial charge in [-0.2, -0.15) is 0 Å². The first-order valence-corrected chi connectivity index (χ1v) is 11.5. The van der Waals surface area contributed by atoms with Crippen molar-refractivity contribution in [2.45, 2.75) is 19.4 Å². The first kappa shape index (κ1) is 23.2. The molecule has 0 spiro atoms. The van der Waals surface area contributed by atoms with E-state index in [1.54, 1.807) is 12.1 Å². The summed E-state index contributed by atoms with van der Waals surface area (Å²) in [4.78, 5) is 17.8. The molecular formula is C29H29N3O2. The monoisotopic (exact) mass is 451 g/mol. The second-order valence-electron chi connectivity index (χ2n) is 8.24. The Bertz CT molecular complexity index is 1160. The molecule has 1 amide bonds. The molecular weight excluding hydrogens is 422 g/mol. The fraction of sp³-hybridized carbons (Fsp3) is 0.172. The van der Waals surface area contributed by atoms with Crippen LogP contribution in [0.5, 0.6) is 11.6 Å². The van der Waals surface area contributed by atoms with E-state index in [4.69, 9.17) is 10.5 Å². The Morgan fingerprint density at radius 3 is 1.88 bits per heavy atom. The van der Waals surface area contributed by atoms with E-state index in [0.717, 1.165) is 32.5 Å². The zero-order valence-corrected chi connectivity index (χ0v) is 19.1. The van der Waals surface area contributed by atoms with Crippen molar-refractivity contribution < 1.29 is 9.53 Å². The molecule has 0 radical (unpaired) electrons. The number of hydrogen-bond donors (Lipinski definition) is 1. The Balaban J connectivity index is 1.34. The molecule has 4 rings (SSSR count). The minimum absolute atomic E-state index is 0.356. The number of aromatic nitrogens is 1. The van der Waals surface area contributed by atoms with Gasteiger partial charge in [-0.05, 0) is 47.7 Å². The largest absolute Gasteiger partial charge is 0.439 e. The highest BCUT2D eigenvalue weighted by Gasteiger charge is 2.08. The Hall–Kier alpha value is -3.96. The van der Waals surface area contributed by atoms with Crippen LogP contribution in [0.25, 0.3) is 0 Å². The third-order valence-corrected chi connectivity index (χ3v) is 5.69. The number of ether oxygens (including phenoxy) is 1. The highest BCUT2D eigenvalue weighted by Crippen LogP contribution is 2.20. The average molecular weight is 452 g/mol. The van der Waals surface area contributed by atoms with Crippen LogP contribution in [0.3, 0.4) is 0 Å². The van der Waals surface area contributed by atoms with Crippen molar-refractivity contribution >= 4 is 5.91 Å². The highest BCUT2D eigenvalue weighted by atomic mass is 16.5. The van der Waals surface area contributed by atoms with Crippen molar-refractivity contribution in [2.75, 3.05) is 13.1 Å². The quantitative estimate of drug-likeness (QED) is 0.338. The Morgan fingerprint density at radius 1 is 0.735 bits per heavy atom. The summed E-state index contributed by atoms with van der Waals surface area (Å²) in [6.45, 7) is 2.91. The molecule has 0 aliphatic heterocycles. The summed E-state index contributed by atoms with van der Waals surface area (Å²) in [6.07, 6.45) is 3.40. The second-order valence-corrected chi connectivity index (χ2v) is 8.24. The van der Waals surface area contributed by atoms with E-state index in [-0.39, 0.29) is 0 Å². The van der Waals surface area contributed by atoms with Crippen molar-refractivity contribution in [3.63, 3.8) is 0 Å². The number of hydrogen-bond acceptors (Lipinski definition) is 4. The van der Waals surface area contributed by atoms with E-state index < -0.39 is 5.91 Å². The van der Waals surface area contributed by atoms with Crippen LogP contribution in [-0.4, -0.2) is 28.9 Å². The summed E-state index contributed by atoms with van der Waals surface area (Å²) in [5, 5.41) is 0. The van der Waals surface area contributed by atoms with Crippen LogP contribution in [0.2, 0.25) is 0 Å². The number of amides is 1. The molecule has 3 aromatic carbocycles. The summed E-state index contributed by atoms with van der Waals surface area (Å²) in [5.41, 5.74) is 9.55. The molecule has 5 nitrogen and oxygen atoms in total. The Morgan fingerprint density at radius 2 is 1.32 bits per heavy atom. The molecule has 172 valence electrons. The molecule has 34 heavy (non-hydrogen) atoms. The van der Waals surface area contributed by atoms with Gasteiger partial charge in [0.05, 0.1) is 5.56 Å². The van der Waals surface area contributed by atoms with Gasteiger partial charge in [0, 0.05) is 31.9 Å². The van der Waals surface area contributed by atoms with Crippen LogP contribution >= 0.6 is 0 Å². The SMILES string of the molecule is NC(=O)c1ccc(Oc2ccc(CCN(CCc3ccccc3)Cc3ccccc3)cc2)nc1. The number of nitrogens with zero attached hydrogens (tertiary/aromatic N) is 2. The number of nitrogens with two attached hydrogens (primary N) is 1. The number of pyridine rings is 1. The topological polar surface area (TPSA) is 68.5 Å². The van der Waals surface area contributed by atoms with Gasteiger partial charge in [0.15, 0.2) is 0 Å². The lowest BCUT2D eigenvalue weighted by Crippen LogP contribution is -2.28. The molecule has 0 bridgehead atoms. The lowest BCUT2D eigenvalue weighted by molar-refractivity contribution is 0.1000. The molecule has 5 heteroatoms. The fourth-order valence-electron chi connectivity index (χ4n) is 3.76. The maximum atomic E-state index is 11.2. The van der Waals surface area contributed by atoms with Crippen LogP contribution in [0.4, 0.5) is 0 Å². The van der Waals surface area contributed by atoms with Crippen molar-refractivity contribution in [2.24, 2.45) is 5.73 Å². The number of carbonyl (C=O) groups excluding carboxylic acids is 1. The van der Waals surface area contributed by atoms with Gasteiger partial charge in [0.1, 0.15) is 5.75 Å². The van der Waals surface area contributed by atoms with Gasteiger partial charge < -0.3 is 10.5 Å². The predicted molar refractivity (Wildman–Crippen MR) is 135 cm³/mol. The Kier molecular flexibility index (Phi) is 8.04. The van der Waals surface area contributed by atoms with Crippen LogP contribution in [0.15, 0.2) is 103 Å². The molecule has 0 aliphatic carbocycles. The summed E-state index contributed by atoms with van der Waals surface area (Å²) >= 11 is 0. The van der Waals surface area contributed by atoms with E-state index in [0.29, 0.717) is 17.2 Å². The van der Waals surface area contributed by atoms with Crippen molar-refractivity contribution in [1.82, 2.24) is 9.88 Å². The predicted octanol–water partition coefficient (Wildman–Crippen LogP) is 5.26. The standard InChI is InChI=1S/C29H29N3O2/c30-29(33)26-13-16-28(31-21-26)34-27-14-11-24(12-15-27)18-20-32(22-25-9-5-2-6-10-25)19-17-23-7-3-1-4-8-23/h1-16,21H,17-20,22H2,(H2,30,33). The van der Waals surface area contributed by atoms with Crippen LogP contribution < -0.4 is 10.5 Å². The smallest absolute Gasteiger partial charge is 0.250 e. The third-order valence-electron chi connectivity index (χ3n) is 5.69. The van der Waals surface area contributed by atoms with Gasteiger partial charge in [-0.3, -0.25) is 9.69 Å². The summed E-state index contributed by atoms with van der Waals surface area (Å²) in [5.74, 6) is 0.620. The number of primary amides is 1. The first-order chi connectivity index (χ1) is 16.7. The minimum Gasteiger partial charge on any atom is -0.439 e. The molecule has 0 unspecified atom stereocenters. The maximum Gasteiger partial charge on any atom is 0.250 e. The van der Waals surface area contributed by atoms with Crippen molar-refractivity contribution in [3.05, 3.63) is 126 Å². The minimum atomic E-state index is -0.506. The van der Waals surface area contributed by atoms with Crippen molar-refractivity contribution in [1.29, 1.82) is 0 Å². The molecule has 4 aromatic rings. The molecule has 1 aromatic heterocycles. The van der Waals surface area contributed by atoms with Gasteiger partial charge in [-0.25, -0.2) is 4.98 Å². The maximum absolute atomic E-state index is 11.2. The van der Waals surface area contributed by atoms with Gasteiger partial charge >= 0.3 is 0 Å². The van der Waals surface area contributed by atoms with Crippen LogP contribution in [0.1, 0.15) is 27.0 Å². The molecule has 0 saturated heterocycles. The lowest BCUT2D eigenvalue weighted by Gasteiger charge is -2.23. The van der Waals surface area contributed by atoms with Gasteiger partial charge in [-0.15, -0.1) is 0 Å². The van der Waals surface area contributed by atoms with E-state index in [1.807, 2.05) is 12.1 Å². The summed E-state index contributed by atoms with van der Waals surface area (Å²) < 4.78 is 5.79. The fourth-order valence-corrected chi connectivity index (χ4v) is 3.76.